The van der Waals surface area contributed by atoms with Crippen molar-refractivity contribution in [2.75, 3.05) is 6.61 Å². The highest BCUT2D eigenvalue weighted by atomic mass is 35.5. The Morgan fingerprint density at radius 3 is 2.47 bits per heavy atom. The average Bonchev–Trinajstić information content (AvgIpc) is 3.24. The van der Waals surface area contributed by atoms with Crippen molar-refractivity contribution in [2.45, 2.75) is 45.9 Å². The molecule has 0 spiro atoms. The molecule has 3 rings (SSSR count). The topological polar surface area (TPSA) is 120 Å². The number of nitrogens with two attached hydrogens (primary N) is 1. The molecule has 0 bridgehead atoms. The maximum Gasteiger partial charge on any atom is 0.327 e. The molecule has 0 fully saturated rings. The van der Waals surface area contributed by atoms with E-state index < -0.39 is 26.6 Å². The number of ether oxygens (including phenoxy) is 2. The Bertz CT molecular complexity index is 1130. The van der Waals surface area contributed by atoms with Crippen LogP contribution >= 0.6 is 31.5 Å². The van der Waals surface area contributed by atoms with E-state index in [2.05, 4.69) is 10.2 Å². The molecule has 0 aliphatic rings. The summed E-state index contributed by atoms with van der Waals surface area (Å²) in [7, 11) is -2.55. The standard InChI is InChI=1S/C22H26ClFN3O5PS/c1-11(2)31-19-6-5-14(7-12(19)3)21-26-27-22(34-21)15-8-17(24)20(9-16(15)23)30-10-18(25)13(4)32-33(28)29/h5-9,11,13,18,28-29H,10,25H2,1-4H3. The van der Waals surface area contributed by atoms with Gasteiger partial charge in [-0.05, 0) is 57.5 Å². The van der Waals surface area contributed by atoms with Crippen molar-refractivity contribution >= 4 is 31.5 Å². The van der Waals surface area contributed by atoms with E-state index in [1.54, 1.807) is 6.92 Å². The summed E-state index contributed by atoms with van der Waals surface area (Å²) in [6, 6.07) is 7.63. The molecule has 12 heteroatoms. The Morgan fingerprint density at radius 2 is 1.82 bits per heavy atom. The average molecular weight is 530 g/mol. The fourth-order valence-corrected chi connectivity index (χ4v) is 4.59. The smallest absolute Gasteiger partial charge is 0.327 e. The van der Waals surface area contributed by atoms with Crippen molar-refractivity contribution in [1.29, 1.82) is 0 Å². The van der Waals surface area contributed by atoms with Crippen LogP contribution in [0, 0.1) is 12.7 Å². The van der Waals surface area contributed by atoms with Gasteiger partial charge in [-0.15, -0.1) is 10.2 Å². The van der Waals surface area contributed by atoms with Crippen LogP contribution in [0.2, 0.25) is 5.02 Å². The fourth-order valence-electron chi connectivity index (χ4n) is 2.97. The van der Waals surface area contributed by atoms with Gasteiger partial charge in [-0.1, -0.05) is 22.9 Å². The first kappa shape index (κ1) is 26.7. The van der Waals surface area contributed by atoms with Crippen molar-refractivity contribution < 1.29 is 28.2 Å². The first-order valence-electron chi connectivity index (χ1n) is 10.4. The molecule has 0 aliphatic heterocycles. The lowest BCUT2D eigenvalue weighted by atomic mass is 10.1. The highest BCUT2D eigenvalue weighted by molar-refractivity contribution is 7.39. The van der Waals surface area contributed by atoms with Gasteiger partial charge in [0.05, 0.1) is 23.3 Å². The molecular formula is C22H26ClFN3O5PS. The Hall–Kier alpha value is -1.91. The van der Waals surface area contributed by atoms with Crippen LogP contribution in [0.15, 0.2) is 30.3 Å². The zero-order chi connectivity index (χ0) is 25.0. The van der Waals surface area contributed by atoms with Gasteiger partial charge in [0.15, 0.2) is 11.6 Å². The van der Waals surface area contributed by atoms with E-state index in [9.17, 15) is 4.39 Å². The molecule has 8 nitrogen and oxygen atoms in total. The van der Waals surface area contributed by atoms with Crippen LogP contribution < -0.4 is 15.2 Å². The molecule has 0 saturated heterocycles. The summed E-state index contributed by atoms with van der Waals surface area (Å²) < 4.78 is 30.8. The number of halogens is 2. The maximum atomic E-state index is 14.7. The summed E-state index contributed by atoms with van der Waals surface area (Å²) in [5.41, 5.74) is 8.11. The van der Waals surface area contributed by atoms with Crippen molar-refractivity contribution in [3.05, 3.63) is 46.7 Å². The third-order valence-corrected chi connectivity index (χ3v) is 6.60. The van der Waals surface area contributed by atoms with E-state index in [4.69, 9.17) is 41.1 Å². The molecule has 3 aromatic rings. The number of benzene rings is 2. The lowest BCUT2D eigenvalue weighted by molar-refractivity contribution is 0.132. The molecule has 2 unspecified atom stereocenters. The lowest BCUT2D eigenvalue weighted by Gasteiger charge is -2.21. The van der Waals surface area contributed by atoms with Crippen LogP contribution in [0.4, 0.5) is 4.39 Å². The Kier molecular flexibility index (Phi) is 9.17. The second-order valence-electron chi connectivity index (χ2n) is 7.86. The van der Waals surface area contributed by atoms with Gasteiger partial charge < -0.3 is 29.5 Å². The van der Waals surface area contributed by atoms with Gasteiger partial charge in [-0.2, -0.15) is 0 Å². The first-order valence-corrected chi connectivity index (χ1v) is 12.7. The number of rotatable bonds is 10. The zero-order valence-electron chi connectivity index (χ0n) is 19.0. The van der Waals surface area contributed by atoms with E-state index in [1.165, 1.54) is 23.5 Å². The van der Waals surface area contributed by atoms with Gasteiger partial charge >= 0.3 is 8.60 Å². The molecule has 2 atom stereocenters. The number of aryl methyl sites for hydroxylation is 1. The summed E-state index contributed by atoms with van der Waals surface area (Å²) in [4.78, 5) is 17.8. The third kappa shape index (κ3) is 6.82. The normalized spacial score (nSPS) is 13.4. The maximum absolute atomic E-state index is 14.7. The predicted octanol–water partition coefficient (Wildman–Crippen LogP) is 5.08. The first-order chi connectivity index (χ1) is 16.0. The summed E-state index contributed by atoms with van der Waals surface area (Å²) in [6.07, 6.45) is -0.628. The van der Waals surface area contributed by atoms with E-state index in [1.807, 2.05) is 39.0 Å². The van der Waals surface area contributed by atoms with Crippen LogP contribution in [0.25, 0.3) is 21.1 Å². The molecule has 1 aromatic heterocycles. The minimum atomic E-state index is -2.55. The van der Waals surface area contributed by atoms with Crippen molar-refractivity contribution in [2.24, 2.45) is 5.73 Å². The number of hydrogen-bond acceptors (Lipinski definition) is 9. The largest absolute Gasteiger partial charge is 0.491 e. The molecule has 0 saturated carbocycles. The summed E-state index contributed by atoms with van der Waals surface area (Å²) in [5, 5.41) is 9.79. The van der Waals surface area contributed by atoms with Crippen LogP contribution in [0.3, 0.4) is 0 Å². The molecule has 0 radical (unpaired) electrons. The molecule has 184 valence electrons. The monoisotopic (exact) mass is 529 g/mol. The molecule has 34 heavy (non-hydrogen) atoms. The Labute approximate surface area is 207 Å². The quantitative estimate of drug-likeness (QED) is 0.311. The third-order valence-electron chi connectivity index (χ3n) is 4.76. The Balaban J connectivity index is 1.75. The minimum Gasteiger partial charge on any atom is -0.491 e. The molecular weight excluding hydrogens is 504 g/mol. The second kappa shape index (κ2) is 11.7. The molecule has 0 amide bonds. The molecule has 0 aliphatic carbocycles. The zero-order valence-corrected chi connectivity index (χ0v) is 21.5. The lowest BCUT2D eigenvalue weighted by Crippen LogP contribution is -2.39. The Morgan fingerprint density at radius 1 is 1.12 bits per heavy atom. The van der Waals surface area contributed by atoms with Crippen molar-refractivity contribution in [1.82, 2.24) is 10.2 Å². The van der Waals surface area contributed by atoms with E-state index >= 15 is 0 Å². The van der Waals surface area contributed by atoms with Crippen molar-refractivity contribution in [3.63, 3.8) is 0 Å². The number of hydrogen-bond donors (Lipinski definition) is 3. The van der Waals surface area contributed by atoms with Gasteiger partial charge in [-0.3, -0.25) is 0 Å². The van der Waals surface area contributed by atoms with Crippen LogP contribution in [-0.4, -0.2) is 44.8 Å². The van der Waals surface area contributed by atoms with E-state index in [0.717, 1.165) is 16.9 Å². The van der Waals surface area contributed by atoms with Crippen LogP contribution in [0.1, 0.15) is 26.3 Å². The second-order valence-corrected chi connectivity index (χ2v) is 9.96. The summed E-state index contributed by atoms with van der Waals surface area (Å²) in [6.45, 7) is 7.34. The molecule has 2 aromatic carbocycles. The van der Waals surface area contributed by atoms with Gasteiger partial charge in [0, 0.05) is 17.2 Å². The summed E-state index contributed by atoms with van der Waals surface area (Å²) >= 11 is 7.68. The van der Waals surface area contributed by atoms with Crippen molar-refractivity contribution in [3.8, 4) is 32.6 Å². The van der Waals surface area contributed by atoms with E-state index in [0.29, 0.717) is 15.6 Å². The summed E-state index contributed by atoms with van der Waals surface area (Å²) in [5.74, 6) is 0.0701. The minimum absolute atomic E-state index is 0.0726. The highest BCUT2D eigenvalue weighted by Gasteiger charge is 2.20. The fraction of sp³-hybridized carbons (Fsp3) is 0.364. The van der Waals surface area contributed by atoms with Gasteiger partial charge in [0.1, 0.15) is 22.4 Å². The molecule has 4 N–H and O–H groups in total. The number of nitrogens with zero attached hydrogens (tertiary/aromatic N) is 2. The van der Waals surface area contributed by atoms with Gasteiger partial charge in [0.2, 0.25) is 0 Å². The van der Waals surface area contributed by atoms with Crippen LogP contribution in [0.5, 0.6) is 11.5 Å². The predicted molar refractivity (Wildman–Crippen MR) is 132 cm³/mol. The number of aromatic nitrogens is 2. The molecule has 1 heterocycles. The SMILES string of the molecule is Cc1cc(-c2nnc(-c3cc(F)c(OCC(N)C(C)OP(O)O)cc3Cl)s2)ccc1OC(C)C. The van der Waals surface area contributed by atoms with Gasteiger partial charge in [0.25, 0.3) is 0 Å². The van der Waals surface area contributed by atoms with Crippen LogP contribution in [-0.2, 0) is 4.52 Å². The highest BCUT2D eigenvalue weighted by Crippen LogP contribution is 2.38. The van der Waals surface area contributed by atoms with Gasteiger partial charge in [-0.25, -0.2) is 4.39 Å². The van der Waals surface area contributed by atoms with E-state index in [-0.39, 0.29) is 23.5 Å².